The number of carbonyl (C=O) groups is 5. The van der Waals surface area contributed by atoms with E-state index in [0.29, 0.717) is 129 Å². The van der Waals surface area contributed by atoms with E-state index in [4.69, 9.17) is 54.1 Å². The number of ketones is 3. The van der Waals surface area contributed by atoms with Gasteiger partial charge in [0.05, 0.1) is 62.4 Å². The van der Waals surface area contributed by atoms with E-state index in [0.717, 1.165) is 30.4 Å². The molecule has 1 amide bonds. The van der Waals surface area contributed by atoms with E-state index < -0.39 is 84.2 Å². The van der Waals surface area contributed by atoms with Crippen LogP contribution in [0.15, 0.2) is 82.7 Å². The Morgan fingerprint density at radius 1 is 0.859 bits per heavy atom. The third-order valence-electron chi connectivity index (χ3n) is 20.5. The second-order valence-corrected chi connectivity index (χ2v) is 27.8. The number of oxazole rings is 1. The van der Waals surface area contributed by atoms with Crippen molar-refractivity contribution in [2.24, 2.45) is 41.4 Å². The minimum Gasteiger partial charge on any atom is -0.460 e. The van der Waals surface area contributed by atoms with E-state index in [1.54, 1.807) is 51.8 Å². The lowest BCUT2D eigenvalue weighted by Gasteiger charge is -2.42. The van der Waals surface area contributed by atoms with Gasteiger partial charge in [-0.05, 0) is 132 Å². The number of nitrogens with two attached hydrogens (primary N) is 2. The number of anilines is 2. The molecule has 2 bridgehead atoms. The lowest BCUT2D eigenvalue weighted by Crippen LogP contribution is -2.61. The minimum absolute atomic E-state index is 0.0147. The van der Waals surface area contributed by atoms with Crippen molar-refractivity contribution >= 4 is 63.2 Å². The second kappa shape index (κ2) is 35.3. The van der Waals surface area contributed by atoms with Crippen LogP contribution in [0.2, 0.25) is 0 Å². The van der Waals surface area contributed by atoms with E-state index in [1.165, 1.54) is 18.3 Å². The van der Waals surface area contributed by atoms with Crippen molar-refractivity contribution < 1.29 is 71.8 Å². The van der Waals surface area contributed by atoms with Crippen LogP contribution >= 0.6 is 0 Å². The molecule has 6 N–H and O–H groups in total. The quantitative estimate of drug-likeness (QED) is 0.0259. The summed E-state index contributed by atoms with van der Waals surface area (Å²) in [5.74, 6) is -8.37. The van der Waals surface area contributed by atoms with Crippen molar-refractivity contribution in [2.45, 2.75) is 207 Å². The highest BCUT2D eigenvalue weighted by Gasteiger charge is 2.53. The lowest BCUT2D eigenvalue weighted by atomic mass is 9.78. The maximum Gasteiger partial charge on any atom is 0.329 e. The fraction of sp³-hybridized carbons (Fsp3) is 0.630. The minimum atomic E-state index is -2.46. The molecular weight excluding hydrogens is 1270 g/mol. The molecule has 0 spiro atoms. The molecule has 0 unspecified atom stereocenters. The summed E-state index contributed by atoms with van der Waals surface area (Å²) in [7, 11) is 4.69. The van der Waals surface area contributed by atoms with E-state index in [2.05, 4.69) is 25.3 Å². The number of carbonyl (C=O) groups excluding carboxylic acids is 5. The fourth-order valence-electron chi connectivity index (χ4n) is 14.6. The molecule has 99 heavy (non-hydrogen) atoms. The number of piperidine rings is 1. The largest absolute Gasteiger partial charge is 0.460 e. The molecule has 5 aromatic rings. The van der Waals surface area contributed by atoms with Gasteiger partial charge in [0.15, 0.2) is 17.0 Å². The van der Waals surface area contributed by atoms with Gasteiger partial charge in [-0.3, -0.25) is 23.9 Å². The van der Waals surface area contributed by atoms with Crippen LogP contribution in [0.1, 0.15) is 144 Å². The first kappa shape index (κ1) is 75.8. The first-order valence-electron chi connectivity index (χ1n) is 35.2. The summed E-state index contributed by atoms with van der Waals surface area (Å²) < 4.78 is 52.0. The van der Waals surface area contributed by atoms with Gasteiger partial charge in [0.2, 0.25) is 5.79 Å². The molecule has 15 atom stereocenters. The number of rotatable bonds is 19. The average Bonchev–Trinajstić information content (AvgIpc) is 1.76. The summed E-state index contributed by atoms with van der Waals surface area (Å²) >= 11 is 0. The maximum atomic E-state index is 14.8. The summed E-state index contributed by atoms with van der Waals surface area (Å²) in [4.78, 5) is 86.8. The molecule has 4 aromatic heterocycles. The van der Waals surface area contributed by atoms with E-state index in [9.17, 15) is 34.2 Å². The summed E-state index contributed by atoms with van der Waals surface area (Å²) in [6.45, 7) is 14.7. The van der Waals surface area contributed by atoms with Crippen molar-refractivity contribution in [1.29, 1.82) is 0 Å². The normalized spacial score (nSPS) is 30.7. The molecule has 3 fully saturated rings. The van der Waals surface area contributed by atoms with Gasteiger partial charge >= 0.3 is 5.97 Å². The van der Waals surface area contributed by atoms with Crippen LogP contribution in [-0.4, -0.2) is 180 Å². The zero-order valence-electron chi connectivity index (χ0n) is 59.2. The number of aliphatic hydroxyl groups is 2. The Morgan fingerprint density at radius 3 is 2.42 bits per heavy atom. The second-order valence-electron chi connectivity index (χ2n) is 27.8. The topological polar surface area (TPSA) is 346 Å². The van der Waals surface area contributed by atoms with Crippen LogP contribution < -0.4 is 11.5 Å². The molecular formula is C73H103N11O15. The number of fused-ring (bicyclic) bond motifs is 5. The fourth-order valence-corrected chi connectivity index (χ4v) is 14.6. The highest BCUT2D eigenvalue weighted by Crippen LogP contribution is 2.39. The number of nitrogens with zero attached hydrogens (tertiary/aromatic N) is 9. The number of aryl methyl sites for hydroxylation is 2. The molecule has 26 heteroatoms. The third-order valence-corrected chi connectivity index (χ3v) is 20.5. The van der Waals surface area contributed by atoms with Gasteiger partial charge in [0.25, 0.3) is 17.7 Å². The molecule has 7 heterocycles. The number of benzene rings is 1. The molecule has 1 aliphatic carbocycles. The predicted octanol–water partition coefficient (Wildman–Crippen LogP) is 8.85. The molecule has 26 nitrogen and oxygen atoms in total. The van der Waals surface area contributed by atoms with Gasteiger partial charge in [-0.2, -0.15) is 10.1 Å². The van der Waals surface area contributed by atoms with Crippen LogP contribution in [0.5, 0.6) is 0 Å². The monoisotopic (exact) mass is 1370 g/mol. The number of methoxy groups -OCH3 is 3. The Labute approximate surface area is 579 Å². The lowest BCUT2D eigenvalue weighted by molar-refractivity contribution is -0.265. The highest BCUT2D eigenvalue weighted by atomic mass is 16.6. The predicted molar refractivity (Wildman–Crippen MR) is 370 cm³/mol. The number of amides is 1. The molecule has 0 radical (unpaired) electrons. The van der Waals surface area contributed by atoms with Crippen molar-refractivity contribution in [2.75, 3.05) is 59.2 Å². The molecule has 2 saturated heterocycles. The molecule has 1 saturated carbocycles. The van der Waals surface area contributed by atoms with Gasteiger partial charge in [-0.25, -0.2) is 19.4 Å². The number of cyclic esters (lactones) is 1. The van der Waals surface area contributed by atoms with Gasteiger partial charge in [0.1, 0.15) is 53.1 Å². The van der Waals surface area contributed by atoms with E-state index >= 15 is 0 Å². The van der Waals surface area contributed by atoms with Crippen molar-refractivity contribution in [3.8, 4) is 11.3 Å². The zero-order valence-corrected chi connectivity index (χ0v) is 59.2. The Kier molecular flexibility index (Phi) is 27.0. The number of unbranched alkanes of at least 4 members (excludes halogenated alkanes) is 1. The third kappa shape index (κ3) is 19.0. The molecule has 9 rings (SSSR count). The number of allylic oxidation sites excluding steroid dienone is 6. The molecule has 3 aliphatic heterocycles. The highest BCUT2D eigenvalue weighted by molar-refractivity contribution is 6.39. The first-order chi connectivity index (χ1) is 47.5. The number of hydrogen-bond acceptors (Lipinski definition) is 23. The SMILES string of the molecule is CO[C@H]1C[C@@H]2CC[C@@H](C)[C@@](O)(O2)C(=O)C(=O)N2CCCC[C@H]2C(=O)O[C@H]([C@H](C)C[C@@H]2CC[C@@H](OCCOCc3cn(CCCCn4nc(-c5ccc6oc(N)nc6c5)c5c(N)ncnc54)nn3)[C@H](OC)C2)CC(=O)[C@H](C)/C=C(\C)[C@@H](CO)[C@@H](OC)C(=O)[C@H](C)C[C@H](C)/C=C/C=C/C=C/1C. The summed E-state index contributed by atoms with van der Waals surface area (Å²) in [6, 6.07) is 4.43. The van der Waals surface area contributed by atoms with E-state index in [-0.39, 0.29) is 73.5 Å². The number of aliphatic hydroxyl groups excluding tert-OH is 1. The zero-order chi connectivity index (χ0) is 71.1. The van der Waals surface area contributed by atoms with Crippen molar-refractivity contribution in [1.82, 2.24) is 44.6 Å². The van der Waals surface area contributed by atoms with Gasteiger partial charge in [-0.1, -0.05) is 81.9 Å². The number of esters is 1. The molecule has 4 aliphatic rings. The number of Topliss-reactive ketones (excluding diaryl/α,β-unsaturated/α-hetero) is 3. The first-order valence-corrected chi connectivity index (χ1v) is 35.2. The number of ether oxygens (including phenoxy) is 7. The van der Waals surface area contributed by atoms with Crippen molar-refractivity contribution in [3.05, 3.63) is 84.0 Å². The van der Waals surface area contributed by atoms with Gasteiger partial charge < -0.3 is 64.2 Å². The summed E-state index contributed by atoms with van der Waals surface area (Å²) in [5.41, 5.74) is 17.5. The maximum absolute atomic E-state index is 14.8. The Morgan fingerprint density at radius 2 is 1.66 bits per heavy atom. The summed E-state index contributed by atoms with van der Waals surface area (Å²) in [6.07, 6.45) is 18.2. The smallest absolute Gasteiger partial charge is 0.329 e. The van der Waals surface area contributed by atoms with Crippen LogP contribution in [0.4, 0.5) is 11.8 Å². The Hall–Kier alpha value is -7.43. The van der Waals surface area contributed by atoms with Gasteiger partial charge in [-0.15, -0.1) is 5.10 Å². The molecule has 1 aromatic carbocycles. The Bertz CT molecular complexity index is 3690. The Balaban J connectivity index is 0.818. The van der Waals surface area contributed by atoms with Crippen LogP contribution in [0, 0.1) is 41.4 Å². The van der Waals surface area contributed by atoms with Crippen LogP contribution in [0.3, 0.4) is 0 Å². The van der Waals surface area contributed by atoms with Crippen LogP contribution in [-0.2, 0) is 76.8 Å². The number of hydrogen-bond donors (Lipinski definition) is 4. The van der Waals surface area contributed by atoms with Gasteiger partial charge in [0, 0.05) is 83.0 Å². The molecule has 540 valence electrons. The summed E-state index contributed by atoms with van der Waals surface area (Å²) in [5, 5.41) is 37.2. The van der Waals surface area contributed by atoms with Crippen LogP contribution in [0.25, 0.3) is 33.4 Å². The number of aromatic nitrogens is 8. The standard InChI is InChI=1S/C73H103N11O15/c1-43-18-12-11-13-19-44(2)60(92-8)37-53-24-21-49(7)73(91,99-53)67(88)70(89)83-28-15-14-20-56(83)71(90)97-61(38-57(86)46(4)33-45(3)54(40-85)66(94-10)65(87)48(6)32-43)47(5)34-50-22-25-59(62(35-50)93-9)96-31-30-95-41-52-39-82(81-79-52)27-16-17-29-84-69-63(68(74)76-42-77-69)64(80-84)51-23-26-58-55(36-51)78-72(75)98-58/h11-13,18-19,23,26,33,36,39,42-43,46-50,53-54,56,59-62,66,85,91H,14-17,20-22,24-25,27-32,34-35,37-38,40-41H2,1-10H3,(H2,75,78)(H2,74,76,77)/b13-11+,18-12+,44-19+,45-33+/t43-,46-,47-,48-,49-,50+,53+,54-,56+,59-,60+,61+,62-,66-,73-/m1/s1. The number of nitrogen functional groups attached to an aromatic ring is 2. The van der Waals surface area contributed by atoms with Crippen molar-refractivity contribution in [3.63, 3.8) is 0 Å². The average molecular weight is 1370 g/mol. The van der Waals surface area contributed by atoms with E-state index in [1.807, 2.05) is 81.1 Å².